The van der Waals surface area contributed by atoms with Gasteiger partial charge < -0.3 is 14.3 Å². The van der Waals surface area contributed by atoms with Gasteiger partial charge in [0, 0.05) is 20.3 Å². The maximum Gasteiger partial charge on any atom is 0.106 e. The van der Waals surface area contributed by atoms with Crippen molar-refractivity contribution in [2.24, 2.45) is 5.16 Å². The summed E-state index contributed by atoms with van der Waals surface area (Å²) in [6.45, 7) is 9.54. The third-order valence-corrected chi connectivity index (χ3v) is 1.58. The lowest BCUT2D eigenvalue weighted by atomic mass is 10.3. The number of unbranched alkanes of at least 4 members (excludes halogenated alkanes) is 1. The van der Waals surface area contributed by atoms with Crippen molar-refractivity contribution in [2.45, 2.75) is 26.7 Å². The van der Waals surface area contributed by atoms with Crippen molar-refractivity contribution in [3.8, 4) is 0 Å². The minimum absolute atomic E-state index is 0.449. The van der Waals surface area contributed by atoms with Crippen LogP contribution in [0, 0.1) is 0 Å². The van der Waals surface area contributed by atoms with Crippen LogP contribution in [0.25, 0.3) is 0 Å². The van der Waals surface area contributed by atoms with Crippen molar-refractivity contribution in [3.63, 3.8) is 0 Å². The first-order valence-corrected chi connectivity index (χ1v) is 5.64. The zero-order chi connectivity index (χ0) is 12.6. The second-order valence-corrected chi connectivity index (χ2v) is 2.72. The molecule has 0 saturated heterocycles. The Morgan fingerprint density at radius 2 is 1.81 bits per heavy atom. The molecule has 0 spiro atoms. The Labute approximate surface area is 99.3 Å². The van der Waals surface area contributed by atoms with E-state index >= 15 is 0 Å². The van der Waals surface area contributed by atoms with Crippen LogP contribution in [0.4, 0.5) is 0 Å². The summed E-state index contributed by atoms with van der Waals surface area (Å²) < 4.78 is 10.3. The summed E-state index contributed by atoms with van der Waals surface area (Å²) in [4.78, 5) is 4.61. The van der Waals surface area contributed by atoms with Crippen molar-refractivity contribution in [3.05, 3.63) is 12.7 Å². The van der Waals surface area contributed by atoms with E-state index in [2.05, 4.69) is 16.6 Å². The van der Waals surface area contributed by atoms with Crippen LogP contribution in [0.15, 0.2) is 17.8 Å². The van der Waals surface area contributed by atoms with Gasteiger partial charge in [0.2, 0.25) is 0 Å². The van der Waals surface area contributed by atoms with Crippen LogP contribution in [0.1, 0.15) is 26.7 Å². The minimum atomic E-state index is 0.449. The largest absolute Gasteiger partial charge is 0.399 e. The molecule has 0 radical (unpaired) electrons. The van der Waals surface area contributed by atoms with Crippen LogP contribution in [0.3, 0.4) is 0 Å². The lowest BCUT2D eigenvalue weighted by Crippen LogP contribution is -2.07. The average molecular weight is 231 g/mol. The van der Waals surface area contributed by atoms with E-state index in [1.807, 2.05) is 13.8 Å². The van der Waals surface area contributed by atoms with Crippen molar-refractivity contribution < 1.29 is 14.3 Å². The molecule has 0 aromatic heterocycles. The van der Waals surface area contributed by atoms with E-state index in [9.17, 15) is 0 Å². The predicted octanol–water partition coefficient (Wildman–Crippen LogP) is 2.64. The molecule has 0 aromatic rings. The van der Waals surface area contributed by atoms with E-state index in [1.165, 1.54) is 7.11 Å². The van der Waals surface area contributed by atoms with Crippen molar-refractivity contribution in [2.75, 3.05) is 34.0 Å². The van der Waals surface area contributed by atoms with E-state index < -0.39 is 0 Å². The van der Waals surface area contributed by atoms with Gasteiger partial charge in [-0.25, -0.2) is 0 Å². The van der Waals surface area contributed by atoms with Gasteiger partial charge in [-0.3, -0.25) is 0 Å². The summed E-state index contributed by atoms with van der Waals surface area (Å²) >= 11 is 0. The van der Waals surface area contributed by atoms with Crippen LogP contribution in [-0.2, 0) is 14.3 Å². The first-order chi connectivity index (χ1) is 7.85. The molecule has 0 bridgehead atoms. The second kappa shape index (κ2) is 16.6. The third kappa shape index (κ3) is 13.1. The molecule has 0 heterocycles. The van der Waals surface area contributed by atoms with Crippen molar-refractivity contribution in [1.82, 2.24) is 0 Å². The number of hydrogen-bond acceptors (Lipinski definition) is 4. The van der Waals surface area contributed by atoms with Gasteiger partial charge in [-0.15, -0.1) is 0 Å². The molecule has 0 aliphatic rings. The van der Waals surface area contributed by atoms with Crippen LogP contribution >= 0.6 is 0 Å². The molecule has 0 aliphatic heterocycles. The Hall–Kier alpha value is -0.870. The molecule has 0 atom stereocenters. The fraction of sp³-hybridized carbons (Fsp3) is 0.750. The molecule has 4 nitrogen and oxygen atoms in total. The molecule has 0 unspecified atom stereocenters. The highest BCUT2D eigenvalue weighted by Crippen LogP contribution is 1.92. The molecule has 0 N–H and O–H groups in total. The summed E-state index contributed by atoms with van der Waals surface area (Å²) in [5.41, 5.74) is 0.708. The fourth-order valence-corrected chi connectivity index (χ4v) is 0.867. The number of oxime groups is 1. The van der Waals surface area contributed by atoms with E-state index in [0.29, 0.717) is 18.9 Å². The molecule has 0 aliphatic carbocycles. The molecular formula is C12H25NO3. The zero-order valence-corrected chi connectivity index (χ0v) is 11.0. The Morgan fingerprint density at radius 3 is 2.31 bits per heavy atom. The van der Waals surface area contributed by atoms with E-state index in [0.717, 1.165) is 19.4 Å². The Morgan fingerprint density at radius 1 is 1.19 bits per heavy atom. The summed E-state index contributed by atoms with van der Waals surface area (Å²) in [7, 11) is 3.20. The van der Waals surface area contributed by atoms with E-state index in [4.69, 9.17) is 9.47 Å². The summed E-state index contributed by atoms with van der Waals surface area (Å²) in [6.07, 6.45) is 3.63. The van der Waals surface area contributed by atoms with Crippen LogP contribution in [-0.4, -0.2) is 39.8 Å². The van der Waals surface area contributed by atoms with Crippen molar-refractivity contribution in [1.29, 1.82) is 0 Å². The SMILES string of the molecule is C=C/C(COCCCCOC)=N\OC.CC. The molecule has 0 rings (SSSR count). The average Bonchev–Trinajstić information content (AvgIpc) is 2.34. The third-order valence-electron chi connectivity index (χ3n) is 1.58. The molecular weight excluding hydrogens is 206 g/mol. The first-order valence-electron chi connectivity index (χ1n) is 5.64. The quantitative estimate of drug-likeness (QED) is 0.348. The molecule has 0 aromatic carbocycles. The van der Waals surface area contributed by atoms with Gasteiger partial charge in [0.1, 0.15) is 12.8 Å². The molecule has 0 fully saturated rings. The van der Waals surface area contributed by atoms with E-state index in [-0.39, 0.29) is 0 Å². The maximum atomic E-state index is 5.35. The number of ether oxygens (including phenoxy) is 2. The lowest BCUT2D eigenvalue weighted by Gasteiger charge is -2.03. The molecule has 4 heteroatoms. The monoisotopic (exact) mass is 231 g/mol. The lowest BCUT2D eigenvalue weighted by molar-refractivity contribution is 0.142. The van der Waals surface area contributed by atoms with Crippen molar-refractivity contribution >= 4 is 5.71 Å². The Kier molecular flexibility index (Phi) is 18.1. The number of hydrogen-bond donors (Lipinski definition) is 0. The van der Waals surface area contributed by atoms with Gasteiger partial charge in [0.25, 0.3) is 0 Å². The van der Waals surface area contributed by atoms with Crippen LogP contribution < -0.4 is 0 Å². The van der Waals surface area contributed by atoms with Crippen LogP contribution in [0.2, 0.25) is 0 Å². The van der Waals surface area contributed by atoms with E-state index in [1.54, 1.807) is 13.2 Å². The maximum absolute atomic E-state index is 5.35. The number of nitrogens with zero attached hydrogens (tertiary/aromatic N) is 1. The molecule has 0 saturated carbocycles. The Balaban J connectivity index is 0. The highest BCUT2D eigenvalue weighted by atomic mass is 16.6. The second-order valence-electron chi connectivity index (χ2n) is 2.72. The van der Waals surface area contributed by atoms with Gasteiger partial charge >= 0.3 is 0 Å². The standard InChI is InChI=1S/C10H19NO3.C2H6/c1-4-10(11-13-3)9-14-8-6-5-7-12-2;1-2/h4H,1,5-9H2,2-3H3;1-2H3/b11-10+;. The summed E-state index contributed by atoms with van der Waals surface area (Å²) in [6, 6.07) is 0. The number of rotatable bonds is 9. The van der Waals surface area contributed by atoms with Gasteiger partial charge in [-0.05, 0) is 18.9 Å². The molecule has 96 valence electrons. The molecule has 16 heavy (non-hydrogen) atoms. The summed E-state index contributed by atoms with van der Waals surface area (Å²) in [5.74, 6) is 0. The highest BCUT2D eigenvalue weighted by Gasteiger charge is 1.95. The fourth-order valence-electron chi connectivity index (χ4n) is 0.867. The van der Waals surface area contributed by atoms with Gasteiger partial charge in [-0.2, -0.15) is 0 Å². The minimum Gasteiger partial charge on any atom is -0.399 e. The van der Waals surface area contributed by atoms with Gasteiger partial charge in [-0.1, -0.05) is 25.6 Å². The van der Waals surface area contributed by atoms with Crippen LogP contribution in [0.5, 0.6) is 0 Å². The Bertz CT molecular complexity index is 170. The number of methoxy groups -OCH3 is 1. The normalized spacial score (nSPS) is 10.4. The first kappa shape index (κ1) is 17.5. The predicted molar refractivity (Wildman–Crippen MR) is 67.9 cm³/mol. The smallest absolute Gasteiger partial charge is 0.106 e. The van der Waals surface area contributed by atoms with Gasteiger partial charge in [0.05, 0.1) is 6.61 Å². The summed E-state index contributed by atoms with van der Waals surface area (Å²) in [5, 5.41) is 3.73. The zero-order valence-electron chi connectivity index (χ0n) is 11.0. The molecule has 0 amide bonds. The highest BCUT2D eigenvalue weighted by molar-refractivity contribution is 5.95. The van der Waals surface area contributed by atoms with Gasteiger partial charge in [0.15, 0.2) is 0 Å². The topological polar surface area (TPSA) is 40.0 Å².